The molecule has 0 radical (unpaired) electrons. The van der Waals surface area contributed by atoms with Gasteiger partial charge in [0.25, 0.3) is 0 Å². The zero-order valence-electron chi connectivity index (χ0n) is 9.34. The summed E-state index contributed by atoms with van der Waals surface area (Å²) in [5.41, 5.74) is 1.66. The summed E-state index contributed by atoms with van der Waals surface area (Å²) in [6.07, 6.45) is 3.33. The topological polar surface area (TPSA) is 55.6 Å². The van der Waals surface area contributed by atoms with Gasteiger partial charge in [0.05, 0.1) is 6.33 Å². The summed E-state index contributed by atoms with van der Waals surface area (Å²) in [6.45, 7) is 8.50. The number of hydrogen-bond acceptors (Lipinski definition) is 4. The molecule has 0 saturated carbocycles. The normalized spacial score (nSPS) is 10.5. The molecule has 0 aliphatic rings. The third-order valence-corrected chi connectivity index (χ3v) is 2.21. The summed E-state index contributed by atoms with van der Waals surface area (Å²) >= 11 is 0. The van der Waals surface area contributed by atoms with Crippen LogP contribution in [0.25, 0.3) is 11.2 Å². The van der Waals surface area contributed by atoms with E-state index in [0.29, 0.717) is 12.6 Å². The Morgan fingerprint density at radius 1 is 1.38 bits per heavy atom. The number of rotatable bonds is 3. The Morgan fingerprint density at radius 2 is 2.12 bits per heavy atom. The van der Waals surface area contributed by atoms with Gasteiger partial charge in [0.15, 0.2) is 11.5 Å². The fraction of sp³-hybridized carbons (Fsp3) is 0.400. The van der Waals surface area contributed by atoms with E-state index < -0.39 is 0 Å². The molecule has 0 aliphatic heterocycles. The van der Waals surface area contributed by atoms with Crippen LogP contribution in [0.15, 0.2) is 12.7 Å². The minimum atomic E-state index is 0. The van der Waals surface area contributed by atoms with Crippen LogP contribution >= 0.6 is 0 Å². The van der Waals surface area contributed by atoms with Crippen molar-refractivity contribution in [1.82, 2.24) is 19.5 Å². The van der Waals surface area contributed by atoms with Crippen molar-refractivity contribution in [2.75, 3.05) is 11.9 Å². The van der Waals surface area contributed by atoms with Crippen LogP contribution in [0, 0.1) is 6.92 Å². The van der Waals surface area contributed by atoms with Gasteiger partial charge in [-0.2, -0.15) is 0 Å². The van der Waals surface area contributed by atoms with Crippen molar-refractivity contribution in [3.63, 3.8) is 0 Å². The van der Waals surface area contributed by atoms with E-state index in [1.165, 1.54) is 0 Å². The van der Waals surface area contributed by atoms with E-state index in [2.05, 4.69) is 41.0 Å². The van der Waals surface area contributed by atoms with Gasteiger partial charge in [0.1, 0.15) is 11.8 Å². The van der Waals surface area contributed by atoms with Crippen molar-refractivity contribution in [3.8, 4) is 0 Å². The number of anilines is 1. The number of fused-ring (bicyclic) bond motifs is 1. The van der Waals surface area contributed by atoms with Crippen LogP contribution in [-0.4, -0.2) is 26.1 Å². The van der Waals surface area contributed by atoms with Gasteiger partial charge in [0.2, 0.25) is 0 Å². The Labute approximate surface area is 109 Å². The zero-order valence-corrected chi connectivity index (χ0v) is 11.4. The first-order valence-corrected chi connectivity index (χ1v) is 4.94. The Hall–Kier alpha value is -0.962. The maximum Gasteiger partial charge on any atom is 0.165 e. The molecule has 0 bridgehead atoms. The predicted octanol–water partition coefficient (Wildman–Crippen LogP) is 1.65. The molecule has 0 aromatic carbocycles. The molecule has 2 heterocycles. The van der Waals surface area contributed by atoms with E-state index in [-0.39, 0.29) is 21.1 Å². The third kappa shape index (κ3) is 2.24. The summed E-state index contributed by atoms with van der Waals surface area (Å²) < 4.78 is 2.02. The van der Waals surface area contributed by atoms with Gasteiger partial charge in [-0.25, -0.2) is 15.0 Å². The van der Waals surface area contributed by atoms with Crippen LogP contribution in [0.2, 0.25) is 0 Å². The summed E-state index contributed by atoms with van der Waals surface area (Å²) in [4.78, 5) is 12.7. The first-order chi connectivity index (χ1) is 7.24. The molecule has 0 atom stereocenters. The van der Waals surface area contributed by atoms with Gasteiger partial charge in [-0.05, 0) is 13.8 Å². The summed E-state index contributed by atoms with van der Waals surface area (Å²) in [5.74, 6) is 0.745. The van der Waals surface area contributed by atoms with Crippen LogP contribution < -0.4 is 5.32 Å². The molecule has 0 saturated heterocycles. The summed E-state index contributed by atoms with van der Waals surface area (Å²) in [5, 5.41) is 3.06. The second kappa shape index (κ2) is 5.39. The molecular formula is C10H14MoN5-. The number of aromatic nitrogens is 4. The molecular weight excluding hydrogens is 286 g/mol. The molecule has 1 N–H and O–H groups in total. The molecule has 2 rings (SSSR count). The molecule has 2 aromatic heterocycles. The Bertz CT molecular complexity index is 465. The zero-order chi connectivity index (χ0) is 10.8. The van der Waals surface area contributed by atoms with E-state index in [4.69, 9.17) is 0 Å². The molecule has 0 aliphatic carbocycles. The Kier molecular flexibility index (Phi) is 4.42. The molecule has 6 heteroatoms. The van der Waals surface area contributed by atoms with E-state index in [1.54, 1.807) is 12.7 Å². The van der Waals surface area contributed by atoms with Crippen LogP contribution in [0.5, 0.6) is 0 Å². The van der Waals surface area contributed by atoms with E-state index in [9.17, 15) is 0 Å². The van der Waals surface area contributed by atoms with Gasteiger partial charge in [-0.15, -0.1) is 6.54 Å². The molecule has 0 unspecified atom stereocenters. The second-order valence-corrected chi connectivity index (χ2v) is 3.57. The molecule has 0 amide bonds. The van der Waals surface area contributed by atoms with Crippen molar-refractivity contribution in [2.45, 2.75) is 19.9 Å². The SMILES string of the molecule is [CH2-]CNc1ncnc2c1ncn2C(C)C.[Mo]. The Morgan fingerprint density at radius 3 is 2.75 bits per heavy atom. The van der Waals surface area contributed by atoms with Gasteiger partial charge in [-0.1, -0.05) is 0 Å². The number of nitrogens with one attached hydrogen (secondary N) is 1. The van der Waals surface area contributed by atoms with Crippen molar-refractivity contribution in [1.29, 1.82) is 0 Å². The first-order valence-electron chi connectivity index (χ1n) is 4.94. The summed E-state index contributed by atoms with van der Waals surface area (Å²) in [6, 6.07) is 0.345. The first kappa shape index (κ1) is 13.1. The predicted molar refractivity (Wildman–Crippen MR) is 59.6 cm³/mol. The molecule has 2 aromatic rings. The molecule has 0 fully saturated rings. The molecule has 86 valence electrons. The summed E-state index contributed by atoms with van der Waals surface area (Å²) in [7, 11) is 0. The standard InChI is InChI=1S/C10H14N5.Mo/c1-4-11-9-8-10(13-5-12-9)15(6-14-8)7(2)3;/h5-7H,1,4H2,2-3H3,(H,11,12,13);/q-1;. The molecule has 0 spiro atoms. The van der Waals surface area contributed by atoms with Gasteiger partial charge >= 0.3 is 0 Å². The van der Waals surface area contributed by atoms with Gasteiger partial charge in [-0.3, -0.25) is 0 Å². The number of nitrogens with zero attached hydrogens (tertiary/aromatic N) is 4. The van der Waals surface area contributed by atoms with Gasteiger partial charge in [0, 0.05) is 27.1 Å². The maximum absolute atomic E-state index is 4.31. The van der Waals surface area contributed by atoms with Crippen LogP contribution in [0.3, 0.4) is 0 Å². The smallest absolute Gasteiger partial charge is 0.165 e. The maximum atomic E-state index is 4.31. The molecule has 5 nitrogen and oxygen atoms in total. The second-order valence-electron chi connectivity index (χ2n) is 3.57. The average Bonchev–Trinajstić information content (AvgIpc) is 2.62. The minimum absolute atomic E-state index is 0. The van der Waals surface area contributed by atoms with Crippen LogP contribution in [0.1, 0.15) is 19.9 Å². The van der Waals surface area contributed by atoms with Gasteiger partial charge < -0.3 is 16.8 Å². The van der Waals surface area contributed by atoms with E-state index in [1.807, 2.05) is 4.57 Å². The fourth-order valence-corrected chi connectivity index (χ4v) is 1.48. The van der Waals surface area contributed by atoms with Crippen molar-refractivity contribution in [3.05, 3.63) is 19.6 Å². The largest absolute Gasteiger partial charge is 0.398 e. The average molecular weight is 300 g/mol. The van der Waals surface area contributed by atoms with Crippen molar-refractivity contribution >= 4 is 17.0 Å². The number of imidazole rings is 1. The molecule has 16 heavy (non-hydrogen) atoms. The Balaban J connectivity index is 0.00000128. The van der Waals surface area contributed by atoms with Crippen LogP contribution in [-0.2, 0) is 21.1 Å². The quantitative estimate of drug-likeness (QED) is 0.692. The van der Waals surface area contributed by atoms with Crippen molar-refractivity contribution < 1.29 is 21.1 Å². The van der Waals surface area contributed by atoms with Crippen molar-refractivity contribution in [2.24, 2.45) is 0 Å². The monoisotopic (exact) mass is 302 g/mol. The fourth-order valence-electron chi connectivity index (χ4n) is 1.48. The van der Waals surface area contributed by atoms with E-state index in [0.717, 1.165) is 17.0 Å². The van der Waals surface area contributed by atoms with E-state index >= 15 is 0 Å². The number of hydrogen-bond donors (Lipinski definition) is 1. The minimum Gasteiger partial charge on any atom is -0.398 e. The van der Waals surface area contributed by atoms with Crippen LogP contribution in [0.4, 0.5) is 5.82 Å². The third-order valence-electron chi connectivity index (χ3n) is 2.21.